The van der Waals surface area contributed by atoms with Crippen molar-refractivity contribution in [3.05, 3.63) is 77.4 Å². The molecule has 0 saturated heterocycles. The largest absolute Gasteiger partial charge is 0.238 e. The summed E-state index contributed by atoms with van der Waals surface area (Å²) >= 11 is 0. The Balaban J connectivity index is 2.22. The van der Waals surface area contributed by atoms with E-state index in [9.17, 15) is 17.2 Å². The number of hydrogen-bond donors (Lipinski definition) is 1. The minimum Gasteiger partial charge on any atom is -0.225 e. The zero-order chi connectivity index (χ0) is 19.1. The van der Waals surface area contributed by atoms with Gasteiger partial charge < -0.3 is 0 Å². The number of nitrogens with two attached hydrogens (primary N) is 1. The Morgan fingerprint density at radius 2 is 1.42 bits per heavy atom. The lowest BCUT2D eigenvalue weighted by Crippen LogP contribution is -2.11. The summed E-state index contributed by atoms with van der Waals surface area (Å²) in [6.45, 7) is 3.84. The lowest BCUT2D eigenvalue weighted by atomic mass is 9.92. The van der Waals surface area contributed by atoms with Crippen molar-refractivity contribution < 1.29 is 17.2 Å². The van der Waals surface area contributed by atoms with Crippen LogP contribution in [-0.4, -0.2) is 8.42 Å². The van der Waals surface area contributed by atoms with Crippen LogP contribution in [0.2, 0.25) is 0 Å². The zero-order valence-corrected chi connectivity index (χ0v) is 15.1. The van der Waals surface area contributed by atoms with Crippen LogP contribution in [0, 0.1) is 25.5 Å². The molecule has 0 heterocycles. The van der Waals surface area contributed by atoms with Crippen molar-refractivity contribution in [3.63, 3.8) is 0 Å². The number of sulfonamides is 1. The van der Waals surface area contributed by atoms with E-state index in [1.54, 1.807) is 12.1 Å². The van der Waals surface area contributed by atoms with Crippen molar-refractivity contribution in [2.45, 2.75) is 18.7 Å². The van der Waals surface area contributed by atoms with Gasteiger partial charge in [0.25, 0.3) is 0 Å². The second-order valence-corrected chi connectivity index (χ2v) is 7.71. The first-order valence-electron chi connectivity index (χ1n) is 7.87. The van der Waals surface area contributed by atoms with E-state index in [1.807, 2.05) is 19.9 Å². The summed E-state index contributed by atoms with van der Waals surface area (Å²) in [6, 6.07) is 13.7. The standard InChI is InChI=1S/C20H17F2NO2S/c1-12-3-4-15(11-13(12)2)19-17(9-10-18(21)20(19)22)14-5-7-16(8-6-14)26(23,24)25/h3-11H,1-2H3,(H2,23,24,25). The van der Waals surface area contributed by atoms with Crippen LogP contribution in [0.4, 0.5) is 8.78 Å². The number of primary sulfonamides is 1. The van der Waals surface area contributed by atoms with Crippen LogP contribution < -0.4 is 5.14 Å². The molecule has 3 rings (SSSR count). The van der Waals surface area contributed by atoms with Gasteiger partial charge in [0, 0.05) is 5.56 Å². The molecule has 0 atom stereocenters. The quantitative estimate of drug-likeness (QED) is 0.731. The van der Waals surface area contributed by atoms with Crippen molar-refractivity contribution in [2.24, 2.45) is 5.14 Å². The summed E-state index contributed by atoms with van der Waals surface area (Å²) in [7, 11) is -3.82. The maximum atomic E-state index is 14.6. The molecule has 0 spiro atoms. The van der Waals surface area contributed by atoms with E-state index in [4.69, 9.17) is 5.14 Å². The third-order valence-electron chi connectivity index (χ3n) is 4.38. The van der Waals surface area contributed by atoms with E-state index in [0.717, 1.165) is 17.2 Å². The number of hydrogen-bond acceptors (Lipinski definition) is 2. The Labute approximate surface area is 151 Å². The predicted octanol–water partition coefficient (Wildman–Crippen LogP) is 4.56. The molecule has 0 bridgehead atoms. The summed E-state index contributed by atoms with van der Waals surface area (Å²) in [5.41, 5.74) is 3.72. The summed E-state index contributed by atoms with van der Waals surface area (Å²) in [6.07, 6.45) is 0. The maximum Gasteiger partial charge on any atom is 0.238 e. The van der Waals surface area contributed by atoms with Gasteiger partial charge in [-0.05, 0) is 59.9 Å². The Bertz CT molecular complexity index is 1090. The summed E-state index contributed by atoms with van der Waals surface area (Å²) < 4.78 is 51.3. The Kier molecular flexibility index (Phi) is 4.64. The number of rotatable bonds is 3. The fourth-order valence-electron chi connectivity index (χ4n) is 2.79. The minimum absolute atomic E-state index is 0.0448. The summed E-state index contributed by atoms with van der Waals surface area (Å²) in [5, 5.41) is 5.10. The van der Waals surface area contributed by atoms with Crippen molar-refractivity contribution in [1.82, 2.24) is 0 Å². The molecule has 26 heavy (non-hydrogen) atoms. The van der Waals surface area contributed by atoms with Crippen molar-refractivity contribution in [1.29, 1.82) is 0 Å². The fourth-order valence-corrected chi connectivity index (χ4v) is 3.31. The van der Waals surface area contributed by atoms with Gasteiger partial charge in [-0.1, -0.05) is 36.4 Å². The van der Waals surface area contributed by atoms with Crippen LogP contribution in [0.25, 0.3) is 22.3 Å². The van der Waals surface area contributed by atoms with Gasteiger partial charge in [0.1, 0.15) is 0 Å². The average Bonchev–Trinajstić information content (AvgIpc) is 2.59. The van der Waals surface area contributed by atoms with E-state index in [-0.39, 0.29) is 10.5 Å². The highest BCUT2D eigenvalue weighted by Gasteiger charge is 2.18. The highest BCUT2D eigenvalue weighted by atomic mass is 32.2. The first-order valence-corrected chi connectivity index (χ1v) is 9.42. The minimum atomic E-state index is -3.82. The maximum absolute atomic E-state index is 14.6. The molecule has 0 saturated carbocycles. The first kappa shape index (κ1) is 18.2. The molecule has 3 nitrogen and oxygen atoms in total. The van der Waals surface area contributed by atoms with Crippen LogP contribution in [0.1, 0.15) is 11.1 Å². The number of benzene rings is 3. The van der Waals surface area contributed by atoms with Gasteiger partial charge in [-0.15, -0.1) is 0 Å². The van der Waals surface area contributed by atoms with Gasteiger partial charge in [-0.25, -0.2) is 22.3 Å². The van der Waals surface area contributed by atoms with Crippen molar-refractivity contribution in [3.8, 4) is 22.3 Å². The van der Waals surface area contributed by atoms with Crippen molar-refractivity contribution >= 4 is 10.0 Å². The Morgan fingerprint density at radius 3 is 2.00 bits per heavy atom. The lowest BCUT2D eigenvalue weighted by Gasteiger charge is -2.14. The lowest BCUT2D eigenvalue weighted by molar-refractivity contribution is 0.511. The van der Waals surface area contributed by atoms with Crippen LogP contribution in [0.3, 0.4) is 0 Å². The molecule has 0 aliphatic rings. The zero-order valence-electron chi connectivity index (χ0n) is 14.3. The van der Waals surface area contributed by atoms with Gasteiger partial charge in [0.05, 0.1) is 4.90 Å². The smallest absolute Gasteiger partial charge is 0.225 e. The SMILES string of the molecule is Cc1ccc(-c2c(-c3ccc(S(N)(=O)=O)cc3)ccc(F)c2F)cc1C. The molecule has 0 radical (unpaired) electrons. The first-order chi connectivity index (χ1) is 12.2. The van der Waals surface area contributed by atoms with Gasteiger partial charge in [-0.3, -0.25) is 0 Å². The van der Waals surface area contributed by atoms with E-state index >= 15 is 0 Å². The molecule has 134 valence electrons. The van der Waals surface area contributed by atoms with E-state index in [2.05, 4.69) is 0 Å². The van der Waals surface area contributed by atoms with E-state index in [1.165, 1.54) is 30.3 Å². The van der Waals surface area contributed by atoms with Gasteiger partial charge >= 0.3 is 0 Å². The molecule has 2 N–H and O–H groups in total. The molecule has 3 aromatic rings. The van der Waals surface area contributed by atoms with E-state index < -0.39 is 21.7 Å². The van der Waals surface area contributed by atoms with Crippen LogP contribution in [0.5, 0.6) is 0 Å². The molecule has 0 aromatic heterocycles. The second-order valence-electron chi connectivity index (χ2n) is 6.15. The number of halogens is 2. The highest BCUT2D eigenvalue weighted by Crippen LogP contribution is 2.36. The third kappa shape index (κ3) is 3.38. The summed E-state index contributed by atoms with van der Waals surface area (Å²) in [4.78, 5) is -0.0448. The fraction of sp³-hybridized carbons (Fsp3) is 0.100. The molecule has 0 fully saturated rings. The Hall–Kier alpha value is -2.57. The van der Waals surface area contributed by atoms with Crippen LogP contribution >= 0.6 is 0 Å². The van der Waals surface area contributed by atoms with Gasteiger partial charge in [0.2, 0.25) is 10.0 Å². The second kappa shape index (κ2) is 6.63. The molecule has 0 amide bonds. The van der Waals surface area contributed by atoms with Crippen molar-refractivity contribution in [2.75, 3.05) is 0 Å². The molecule has 0 aliphatic heterocycles. The molecule has 0 unspecified atom stereocenters. The van der Waals surface area contributed by atoms with Gasteiger partial charge in [-0.2, -0.15) is 0 Å². The highest BCUT2D eigenvalue weighted by molar-refractivity contribution is 7.89. The normalized spacial score (nSPS) is 11.6. The monoisotopic (exact) mass is 373 g/mol. The third-order valence-corrected chi connectivity index (χ3v) is 5.31. The van der Waals surface area contributed by atoms with Crippen LogP contribution in [-0.2, 0) is 10.0 Å². The number of aryl methyl sites for hydroxylation is 2. The van der Waals surface area contributed by atoms with E-state index in [0.29, 0.717) is 16.7 Å². The molecule has 3 aromatic carbocycles. The molecular weight excluding hydrogens is 356 g/mol. The Morgan fingerprint density at radius 1 is 0.808 bits per heavy atom. The molecule has 0 aliphatic carbocycles. The predicted molar refractivity (Wildman–Crippen MR) is 98.1 cm³/mol. The topological polar surface area (TPSA) is 60.2 Å². The van der Waals surface area contributed by atoms with Gasteiger partial charge in [0.15, 0.2) is 11.6 Å². The summed E-state index contributed by atoms with van der Waals surface area (Å²) in [5.74, 6) is -1.88. The van der Waals surface area contributed by atoms with Crippen LogP contribution in [0.15, 0.2) is 59.5 Å². The molecule has 6 heteroatoms. The average molecular weight is 373 g/mol. The molecular formula is C20H17F2NO2S.